The highest BCUT2D eigenvalue weighted by Gasteiger charge is 2.27. The van der Waals surface area contributed by atoms with Crippen molar-refractivity contribution in [3.63, 3.8) is 0 Å². The van der Waals surface area contributed by atoms with Gasteiger partial charge in [0.05, 0.1) is 7.11 Å². The summed E-state index contributed by atoms with van der Waals surface area (Å²) in [6.45, 7) is 1.85. The number of aromatic nitrogens is 2. The van der Waals surface area contributed by atoms with E-state index in [1.165, 1.54) is 0 Å². The zero-order valence-corrected chi connectivity index (χ0v) is 12.7. The molecule has 1 atom stereocenters. The minimum atomic E-state index is -0.285. The van der Waals surface area contributed by atoms with Crippen molar-refractivity contribution in [2.24, 2.45) is 5.92 Å². The lowest BCUT2D eigenvalue weighted by atomic mass is 9.84. The van der Waals surface area contributed by atoms with Gasteiger partial charge in [0, 0.05) is 11.5 Å². The molecule has 1 aliphatic rings. The summed E-state index contributed by atoms with van der Waals surface area (Å²) >= 11 is 0. The Morgan fingerprint density at radius 1 is 1.36 bits per heavy atom. The lowest BCUT2D eigenvalue weighted by Crippen LogP contribution is -2.36. The first-order valence-electron chi connectivity index (χ1n) is 7.46. The number of amides is 1. The molecule has 0 radical (unpaired) electrons. The van der Waals surface area contributed by atoms with Crippen molar-refractivity contribution in [3.05, 3.63) is 30.2 Å². The molecule has 1 amide bonds. The molecule has 1 N–H and O–H groups in total. The fourth-order valence-corrected chi connectivity index (χ4v) is 2.33. The van der Waals surface area contributed by atoms with Gasteiger partial charge >= 0.3 is 0 Å². The number of rotatable bonds is 5. The number of benzene rings is 1. The first-order chi connectivity index (χ1) is 10.7. The molecule has 6 nitrogen and oxygen atoms in total. The van der Waals surface area contributed by atoms with Gasteiger partial charge in [-0.25, -0.2) is 0 Å². The van der Waals surface area contributed by atoms with Gasteiger partial charge in [0.2, 0.25) is 17.6 Å². The number of ether oxygens (including phenoxy) is 1. The van der Waals surface area contributed by atoms with Crippen molar-refractivity contribution >= 4 is 5.91 Å². The highest BCUT2D eigenvalue weighted by molar-refractivity contribution is 5.79. The maximum absolute atomic E-state index is 11.9. The summed E-state index contributed by atoms with van der Waals surface area (Å²) in [5.74, 6) is 1.91. The predicted molar refractivity (Wildman–Crippen MR) is 80.2 cm³/mol. The smallest absolute Gasteiger partial charge is 0.249 e. The summed E-state index contributed by atoms with van der Waals surface area (Å²) in [7, 11) is 1.62. The highest BCUT2D eigenvalue weighted by Crippen LogP contribution is 2.27. The number of hydrogen-bond donors (Lipinski definition) is 1. The third-order valence-electron chi connectivity index (χ3n) is 4.00. The summed E-state index contributed by atoms with van der Waals surface area (Å²) in [6, 6.07) is 7.13. The van der Waals surface area contributed by atoms with E-state index in [0.29, 0.717) is 11.7 Å². The summed E-state index contributed by atoms with van der Waals surface area (Å²) in [5.41, 5.74) is 0.841. The molecule has 1 aliphatic carbocycles. The number of methoxy groups -OCH3 is 1. The van der Waals surface area contributed by atoms with E-state index < -0.39 is 0 Å². The Hall–Kier alpha value is -2.37. The largest absolute Gasteiger partial charge is 0.497 e. The molecule has 0 unspecified atom stereocenters. The fraction of sp³-hybridized carbons (Fsp3) is 0.438. The topological polar surface area (TPSA) is 77.3 Å². The van der Waals surface area contributed by atoms with Crippen LogP contribution in [0.1, 0.15) is 38.1 Å². The second kappa shape index (κ2) is 6.17. The van der Waals surface area contributed by atoms with E-state index in [0.717, 1.165) is 30.6 Å². The van der Waals surface area contributed by atoms with Gasteiger partial charge in [-0.05, 0) is 44.0 Å². The summed E-state index contributed by atoms with van der Waals surface area (Å²) in [6.07, 6.45) is 3.08. The third kappa shape index (κ3) is 2.95. The highest BCUT2D eigenvalue weighted by atomic mass is 16.5. The van der Waals surface area contributed by atoms with Crippen molar-refractivity contribution < 1.29 is 14.1 Å². The number of carbonyl (C=O) groups excluding carboxylic acids is 1. The molecule has 2 aromatic rings. The standard InChI is InChI=1S/C16H19N3O3/c1-10(17-15(20)12-4-3-5-12)16-18-14(19-22-16)11-6-8-13(21-2)9-7-11/h6-10,12H,3-5H2,1-2H3,(H,17,20)/t10-/m0/s1. The number of nitrogens with zero attached hydrogens (tertiary/aromatic N) is 2. The van der Waals surface area contributed by atoms with Crippen LogP contribution in [-0.4, -0.2) is 23.2 Å². The lowest BCUT2D eigenvalue weighted by Gasteiger charge is -2.25. The van der Waals surface area contributed by atoms with E-state index in [1.54, 1.807) is 7.11 Å². The fourth-order valence-electron chi connectivity index (χ4n) is 2.33. The van der Waals surface area contributed by atoms with E-state index >= 15 is 0 Å². The Morgan fingerprint density at radius 2 is 2.09 bits per heavy atom. The zero-order valence-electron chi connectivity index (χ0n) is 12.7. The SMILES string of the molecule is COc1ccc(-c2noc([C@H](C)NC(=O)C3CCC3)n2)cc1. The number of carbonyl (C=O) groups is 1. The predicted octanol–water partition coefficient (Wildman–Crippen LogP) is 2.72. The molecule has 116 valence electrons. The van der Waals surface area contributed by atoms with E-state index in [-0.39, 0.29) is 17.9 Å². The van der Waals surface area contributed by atoms with Crippen LogP contribution < -0.4 is 10.1 Å². The Morgan fingerprint density at radius 3 is 2.68 bits per heavy atom. The molecule has 22 heavy (non-hydrogen) atoms. The molecule has 0 aliphatic heterocycles. The Kier molecular flexibility index (Phi) is 4.09. The van der Waals surface area contributed by atoms with Gasteiger partial charge in [0.1, 0.15) is 11.8 Å². The van der Waals surface area contributed by atoms with Crippen LogP contribution in [0.2, 0.25) is 0 Å². The van der Waals surface area contributed by atoms with Gasteiger partial charge in [-0.2, -0.15) is 4.98 Å². The van der Waals surface area contributed by atoms with Gasteiger partial charge < -0.3 is 14.6 Å². The molecule has 1 aromatic carbocycles. The van der Waals surface area contributed by atoms with E-state index in [9.17, 15) is 4.79 Å². The van der Waals surface area contributed by atoms with Crippen LogP contribution in [-0.2, 0) is 4.79 Å². The van der Waals surface area contributed by atoms with Crippen molar-refractivity contribution in [2.45, 2.75) is 32.2 Å². The van der Waals surface area contributed by atoms with Crippen LogP contribution in [0.15, 0.2) is 28.8 Å². The van der Waals surface area contributed by atoms with Crippen molar-refractivity contribution in [1.29, 1.82) is 0 Å². The second-order valence-electron chi connectivity index (χ2n) is 5.54. The normalized spacial score (nSPS) is 15.9. The molecule has 0 bridgehead atoms. The Balaban J connectivity index is 1.67. The second-order valence-corrected chi connectivity index (χ2v) is 5.54. The minimum Gasteiger partial charge on any atom is -0.497 e. The van der Waals surface area contributed by atoms with Gasteiger partial charge in [-0.3, -0.25) is 4.79 Å². The summed E-state index contributed by atoms with van der Waals surface area (Å²) in [5, 5.41) is 6.90. The molecule has 3 rings (SSSR count). The molecule has 1 saturated carbocycles. The quantitative estimate of drug-likeness (QED) is 0.918. The monoisotopic (exact) mass is 301 g/mol. The minimum absolute atomic E-state index is 0.0722. The molecular formula is C16H19N3O3. The maximum Gasteiger partial charge on any atom is 0.249 e. The average molecular weight is 301 g/mol. The molecule has 0 saturated heterocycles. The van der Waals surface area contributed by atoms with Crippen molar-refractivity contribution in [2.75, 3.05) is 7.11 Å². The van der Waals surface area contributed by atoms with Gasteiger partial charge in [0.15, 0.2) is 0 Å². The number of hydrogen-bond acceptors (Lipinski definition) is 5. The summed E-state index contributed by atoms with van der Waals surface area (Å²) < 4.78 is 10.4. The zero-order chi connectivity index (χ0) is 15.5. The Bertz CT molecular complexity index is 647. The molecule has 1 heterocycles. The van der Waals surface area contributed by atoms with Crippen molar-refractivity contribution in [1.82, 2.24) is 15.5 Å². The first kappa shape index (κ1) is 14.6. The molecule has 6 heteroatoms. The van der Waals surface area contributed by atoms with Crippen LogP contribution >= 0.6 is 0 Å². The van der Waals surface area contributed by atoms with Gasteiger partial charge in [0.25, 0.3) is 0 Å². The van der Waals surface area contributed by atoms with Gasteiger partial charge in [-0.1, -0.05) is 11.6 Å². The third-order valence-corrected chi connectivity index (χ3v) is 4.00. The Labute approximate surface area is 128 Å². The lowest BCUT2D eigenvalue weighted by molar-refractivity contribution is -0.128. The molecular weight excluding hydrogens is 282 g/mol. The maximum atomic E-state index is 11.9. The average Bonchev–Trinajstić information content (AvgIpc) is 2.95. The van der Waals surface area contributed by atoms with Gasteiger partial charge in [-0.15, -0.1) is 0 Å². The van der Waals surface area contributed by atoms with Crippen LogP contribution in [0.4, 0.5) is 0 Å². The molecule has 0 spiro atoms. The number of nitrogens with one attached hydrogen (secondary N) is 1. The van der Waals surface area contributed by atoms with Crippen LogP contribution in [0.25, 0.3) is 11.4 Å². The van der Waals surface area contributed by atoms with Crippen LogP contribution in [0.3, 0.4) is 0 Å². The molecule has 1 aromatic heterocycles. The van der Waals surface area contributed by atoms with E-state index in [2.05, 4.69) is 15.5 Å². The van der Waals surface area contributed by atoms with E-state index in [4.69, 9.17) is 9.26 Å². The van der Waals surface area contributed by atoms with Crippen LogP contribution in [0, 0.1) is 5.92 Å². The van der Waals surface area contributed by atoms with E-state index in [1.807, 2.05) is 31.2 Å². The van der Waals surface area contributed by atoms with Crippen LogP contribution in [0.5, 0.6) is 5.75 Å². The van der Waals surface area contributed by atoms with Crippen molar-refractivity contribution in [3.8, 4) is 17.1 Å². The first-order valence-corrected chi connectivity index (χ1v) is 7.46. The molecule has 1 fully saturated rings. The summed E-state index contributed by atoms with van der Waals surface area (Å²) in [4.78, 5) is 16.3.